The van der Waals surface area contributed by atoms with Crippen LogP contribution in [0.3, 0.4) is 0 Å². The van der Waals surface area contributed by atoms with Gasteiger partial charge in [0.1, 0.15) is 24.4 Å². The lowest BCUT2D eigenvalue weighted by Gasteiger charge is -2.20. The van der Waals surface area contributed by atoms with Gasteiger partial charge in [0.05, 0.1) is 220 Å². The second-order valence-electron chi connectivity index (χ2n) is 35.8. The summed E-state index contributed by atoms with van der Waals surface area (Å²) >= 11 is 0. The van der Waals surface area contributed by atoms with E-state index in [9.17, 15) is 71.9 Å². The highest BCUT2D eigenvalue weighted by Gasteiger charge is 2.33. The number of hydrogen-bond donors (Lipinski definition) is 0. The van der Waals surface area contributed by atoms with Crippen LogP contribution in [0.25, 0.3) is 0 Å². The van der Waals surface area contributed by atoms with Crippen molar-refractivity contribution in [2.75, 3.05) is 126 Å². The molecule has 15 heterocycles. The monoisotopic (exact) mass is 1960 g/mol. The summed E-state index contributed by atoms with van der Waals surface area (Å²) in [5, 5.41) is 0. The van der Waals surface area contributed by atoms with Crippen molar-refractivity contribution in [3.05, 3.63) is 221 Å². The fourth-order valence-corrected chi connectivity index (χ4v) is 15.0. The molecule has 0 aromatic carbocycles. The predicted octanol–water partition coefficient (Wildman–Crippen LogP) is -0.937. The first-order valence-corrected chi connectivity index (χ1v) is 48.8. The molecule has 0 N–H and O–H groups in total. The number of epoxide rings is 10. The molecule has 13 atom stereocenters. The van der Waals surface area contributed by atoms with Crippen molar-refractivity contribution < 1.29 is 75.8 Å². The van der Waals surface area contributed by atoms with Gasteiger partial charge in [-0.15, -0.1) is 32.9 Å². The van der Waals surface area contributed by atoms with E-state index in [-0.39, 0.29) is 134 Å². The Morgan fingerprint density at radius 3 is 0.763 bits per heavy atom. The van der Waals surface area contributed by atoms with Gasteiger partial charge in [-0.1, -0.05) is 30.4 Å². The fraction of sp³-hybridized carbons (Fsp3) is 0.731. The highest BCUT2D eigenvalue weighted by molar-refractivity contribution is 4.90. The minimum Gasteiger partial charge on any atom is -0.377 e. The van der Waals surface area contributed by atoms with Crippen LogP contribution in [-0.4, -0.2) is 273 Å². The summed E-state index contributed by atoms with van der Waals surface area (Å²) in [5.41, 5.74) is -8.74. The topological polar surface area (TPSA) is 511 Å². The van der Waals surface area contributed by atoms with Crippen LogP contribution in [-0.2, 0) is 174 Å². The third kappa shape index (κ3) is 36.2. The molecule has 46 nitrogen and oxygen atoms in total. The van der Waals surface area contributed by atoms with Crippen LogP contribution >= 0.6 is 0 Å². The van der Waals surface area contributed by atoms with Gasteiger partial charge in [-0.05, 0) is 136 Å². The number of ether oxygens (including phenoxy) is 16. The van der Waals surface area contributed by atoms with Crippen molar-refractivity contribution in [1.82, 2.24) is 68.5 Å². The van der Waals surface area contributed by atoms with E-state index in [1.54, 1.807) is 45.1 Å². The van der Waals surface area contributed by atoms with E-state index in [0.717, 1.165) is 132 Å². The quantitative estimate of drug-likeness (QED) is 0.0258. The molecular formula is C93H141N15O31. The Morgan fingerprint density at radius 2 is 0.460 bits per heavy atom. The molecule has 10 saturated heterocycles. The summed E-state index contributed by atoms with van der Waals surface area (Å²) in [6.45, 7) is 35.9. The Hall–Kier alpha value is -9.89. The molecule has 5 aromatic heterocycles. The highest BCUT2D eigenvalue weighted by atomic mass is 16.6. The van der Waals surface area contributed by atoms with Gasteiger partial charge >= 0.3 is 85.3 Å². The van der Waals surface area contributed by atoms with Crippen molar-refractivity contribution >= 4 is 0 Å². The van der Waals surface area contributed by atoms with Crippen LogP contribution < -0.4 is 85.3 Å². The van der Waals surface area contributed by atoms with Gasteiger partial charge < -0.3 is 75.8 Å². The minimum absolute atomic E-state index is 0.00207. The van der Waals surface area contributed by atoms with E-state index in [1.807, 2.05) is 6.08 Å². The molecule has 774 valence electrons. The standard InChI is InChI=1S/C21H33N3O8.C21H33N3O5.C18H27N3O8.C18H27N3O5.C15H21N3O5/c1-5-6-28-14(2)7-22-19(25)23(8-15(3)29-10-17-12-31-17)21(27)24(20(22)26)9-16(4)30-11-18-13-32-18;1-2-3-4-7-12-22-19(25)23(13-8-5-10-17-15-28-17)21(27)24(20(22)26)14-9-6-11-18-16-29-18;1-2-6-25-7-3-19-16(22)20(4-8-26-10-14-12-28-14)18(24)21(17(19)23)5-9-27-11-15-13-29-15;1-2-3-4-9-19-16(22)20(10-5-7-14-12-25-14)18(24)21(17(19)23)11-6-8-15-13-26-15;1-2-3-6-16-13(19)17(7-4-11-9-22-11)15(21)18(14(16)20)8-5-12-10-23-12/h5,14-18H,1,6-13H2,2-4H3;2,17-18H,1,3-16H2;2,14-15H,1,3-13H2;2,14-15H,1,3-13H2;2,11-12H,1,3-10H2. The van der Waals surface area contributed by atoms with Crippen LogP contribution in [0.2, 0.25) is 0 Å². The van der Waals surface area contributed by atoms with Crippen molar-refractivity contribution in [2.45, 2.75) is 314 Å². The minimum atomic E-state index is -0.691. The number of aromatic nitrogens is 15. The van der Waals surface area contributed by atoms with Crippen LogP contribution in [0.15, 0.2) is 135 Å². The summed E-state index contributed by atoms with van der Waals surface area (Å²) in [7, 11) is 0. The van der Waals surface area contributed by atoms with Crippen LogP contribution in [0.5, 0.6) is 0 Å². The summed E-state index contributed by atoms with van der Waals surface area (Å²) in [6.07, 6.45) is 22.5. The van der Waals surface area contributed by atoms with Gasteiger partial charge in [0.15, 0.2) is 0 Å². The maximum absolute atomic E-state index is 13.1. The van der Waals surface area contributed by atoms with E-state index >= 15 is 0 Å². The van der Waals surface area contributed by atoms with Gasteiger partial charge in [-0.3, -0.25) is 0 Å². The summed E-state index contributed by atoms with van der Waals surface area (Å²) < 4.78 is 101. The van der Waals surface area contributed by atoms with E-state index in [1.165, 1.54) is 27.4 Å². The second-order valence-corrected chi connectivity index (χ2v) is 35.8. The molecule has 0 spiro atoms. The van der Waals surface area contributed by atoms with E-state index in [4.69, 9.17) is 75.8 Å². The molecule has 10 fully saturated rings. The Kier molecular flexibility index (Phi) is 44.2. The number of allylic oxidation sites excluding steroid dienone is 3. The van der Waals surface area contributed by atoms with Crippen molar-refractivity contribution in [3.8, 4) is 0 Å². The van der Waals surface area contributed by atoms with Gasteiger partial charge in [-0.25, -0.2) is 140 Å². The van der Waals surface area contributed by atoms with Crippen molar-refractivity contribution in [1.29, 1.82) is 0 Å². The van der Waals surface area contributed by atoms with E-state index < -0.39 is 104 Å². The molecule has 10 aliphatic rings. The summed E-state index contributed by atoms with van der Waals surface area (Å²) in [6, 6.07) is 0. The number of unbranched alkanes of at least 4 members (excludes halogenated alkanes) is 5. The largest absolute Gasteiger partial charge is 0.377 e. The zero-order chi connectivity index (χ0) is 99.4. The average Bonchev–Trinajstić information content (AvgIpc) is 1.68. The van der Waals surface area contributed by atoms with Gasteiger partial charge in [0.25, 0.3) is 0 Å². The first kappa shape index (κ1) is 109. The molecule has 0 aliphatic carbocycles. The third-order valence-corrected chi connectivity index (χ3v) is 24.0. The Morgan fingerprint density at radius 1 is 0.230 bits per heavy atom. The second kappa shape index (κ2) is 56.1. The Bertz CT molecular complexity index is 5390. The van der Waals surface area contributed by atoms with E-state index in [2.05, 4.69) is 32.9 Å². The first-order chi connectivity index (χ1) is 67.2. The first-order valence-electron chi connectivity index (χ1n) is 48.8. The predicted molar refractivity (Wildman–Crippen MR) is 506 cm³/mol. The molecule has 139 heavy (non-hydrogen) atoms. The fourth-order valence-electron chi connectivity index (χ4n) is 15.0. The Balaban J connectivity index is 0.000000167. The highest BCUT2D eigenvalue weighted by Crippen LogP contribution is 2.21. The molecule has 0 radical (unpaired) electrons. The van der Waals surface area contributed by atoms with Crippen molar-refractivity contribution in [3.63, 3.8) is 0 Å². The number of rotatable bonds is 66. The maximum Gasteiger partial charge on any atom is 0.336 e. The van der Waals surface area contributed by atoms with Gasteiger partial charge in [0.2, 0.25) is 0 Å². The molecule has 46 heteroatoms. The lowest BCUT2D eigenvalue weighted by molar-refractivity contribution is 0.0350. The number of nitrogens with zero attached hydrogens (tertiary/aromatic N) is 15. The smallest absolute Gasteiger partial charge is 0.336 e. The van der Waals surface area contributed by atoms with Crippen molar-refractivity contribution in [2.24, 2.45) is 0 Å². The van der Waals surface area contributed by atoms with Crippen LogP contribution in [0.4, 0.5) is 0 Å². The maximum atomic E-state index is 13.1. The van der Waals surface area contributed by atoms with Gasteiger partial charge in [-0.2, -0.15) is 0 Å². The number of hydrogen-bond acceptors (Lipinski definition) is 31. The van der Waals surface area contributed by atoms with Crippen LogP contribution in [0, 0.1) is 0 Å². The molecule has 0 saturated carbocycles. The Labute approximate surface area is 800 Å². The summed E-state index contributed by atoms with van der Waals surface area (Å²) in [4.78, 5) is 191. The molecule has 5 aromatic rings. The molecule has 13 unspecified atom stereocenters. The molecule has 15 rings (SSSR count). The van der Waals surface area contributed by atoms with E-state index in [0.29, 0.717) is 176 Å². The van der Waals surface area contributed by atoms with Crippen LogP contribution in [0.1, 0.15) is 136 Å². The zero-order valence-corrected chi connectivity index (χ0v) is 80.6. The molecule has 10 aliphatic heterocycles. The molecular weight excluding hydrogens is 1820 g/mol. The van der Waals surface area contributed by atoms with Gasteiger partial charge in [0, 0.05) is 58.9 Å². The lowest BCUT2D eigenvalue weighted by atomic mass is 10.2. The third-order valence-electron chi connectivity index (χ3n) is 24.0. The molecule has 0 amide bonds. The lowest BCUT2D eigenvalue weighted by Crippen LogP contribution is -2.57. The average molecular weight is 1970 g/mol. The normalized spacial score (nSPS) is 21.1. The molecule has 0 bridgehead atoms. The SMILES string of the molecule is C=CCCCCn1c(=O)n(CCCCC2CO2)c(=O)n(CCCCC2CO2)c1=O.C=CCCCn1c(=O)n(CCCC2CO2)c(=O)n(CCCC2CO2)c1=O.C=CCCn1c(=O)n(CCC2CO2)c(=O)n(CCC2CO2)c1=O.C=CCOC(C)Cn1c(=O)n(CC(C)OCC2CO2)c(=O)n(CC(C)OCC2CO2)c1=O.C=CCOCCn1c(=O)n(CCOCC2CO2)c(=O)n(CCOCC2CO2)c1=O. The summed E-state index contributed by atoms with van der Waals surface area (Å²) in [5.74, 6) is 0. The zero-order valence-electron chi connectivity index (χ0n) is 80.6.